The molecule has 8 heteroatoms. The van der Waals surface area contributed by atoms with E-state index in [2.05, 4.69) is 15.4 Å². The van der Waals surface area contributed by atoms with Crippen molar-refractivity contribution >= 4 is 11.9 Å². The molecular weight excluding hydrogens is 315 g/mol. The smallest absolute Gasteiger partial charge is 0.338 e. The molecule has 24 heavy (non-hydrogen) atoms. The SMILES string of the molecule is CCOC(=O)C1=C(COC)Nc2ncnn2[C@H]1c1cccc(F)c1. The van der Waals surface area contributed by atoms with E-state index in [-0.39, 0.29) is 13.2 Å². The second kappa shape index (κ2) is 6.79. The van der Waals surface area contributed by atoms with E-state index in [1.54, 1.807) is 19.1 Å². The quantitative estimate of drug-likeness (QED) is 0.843. The van der Waals surface area contributed by atoms with Crippen molar-refractivity contribution in [3.05, 3.63) is 53.2 Å². The van der Waals surface area contributed by atoms with Gasteiger partial charge in [-0.25, -0.2) is 13.9 Å². The van der Waals surface area contributed by atoms with Gasteiger partial charge < -0.3 is 14.8 Å². The van der Waals surface area contributed by atoms with Gasteiger partial charge in [-0.2, -0.15) is 10.1 Å². The average Bonchev–Trinajstić information content (AvgIpc) is 3.02. The normalized spacial score (nSPS) is 16.5. The molecule has 126 valence electrons. The third-order valence-corrected chi connectivity index (χ3v) is 3.63. The first kappa shape index (κ1) is 16.1. The number of hydrogen-bond donors (Lipinski definition) is 1. The van der Waals surface area contributed by atoms with Gasteiger partial charge in [0.15, 0.2) is 0 Å². The van der Waals surface area contributed by atoms with Gasteiger partial charge in [0, 0.05) is 7.11 Å². The Bertz CT molecular complexity index is 787. The van der Waals surface area contributed by atoms with E-state index in [9.17, 15) is 9.18 Å². The summed E-state index contributed by atoms with van der Waals surface area (Å²) in [6, 6.07) is 5.38. The van der Waals surface area contributed by atoms with Gasteiger partial charge in [-0.05, 0) is 24.6 Å². The molecule has 0 spiro atoms. The lowest BCUT2D eigenvalue weighted by Crippen LogP contribution is -2.31. The Morgan fingerprint density at radius 3 is 3.00 bits per heavy atom. The molecule has 0 fully saturated rings. The number of halogens is 1. The first-order chi connectivity index (χ1) is 11.7. The molecule has 1 N–H and O–H groups in total. The maximum atomic E-state index is 13.7. The number of fused-ring (bicyclic) bond motifs is 1. The highest BCUT2D eigenvalue weighted by Crippen LogP contribution is 2.35. The van der Waals surface area contributed by atoms with Gasteiger partial charge in [-0.3, -0.25) is 0 Å². The van der Waals surface area contributed by atoms with Crippen LogP contribution in [0.25, 0.3) is 0 Å². The fraction of sp³-hybridized carbons (Fsp3) is 0.312. The van der Waals surface area contributed by atoms with Crippen LogP contribution >= 0.6 is 0 Å². The first-order valence-electron chi connectivity index (χ1n) is 7.46. The molecule has 0 aliphatic carbocycles. The molecule has 0 radical (unpaired) electrons. The number of nitrogens with one attached hydrogen (secondary N) is 1. The largest absolute Gasteiger partial charge is 0.463 e. The lowest BCUT2D eigenvalue weighted by Gasteiger charge is -2.29. The van der Waals surface area contributed by atoms with Crippen LogP contribution in [-0.2, 0) is 14.3 Å². The standard InChI is InChI=1S/C16H17FN4O3/c1-3-24-15(22)13-12(8-23-2)20-16-18-9-19-21(16)14(13)10-5-4-6-11(17)7-10/h4-7,9,14H,3,8H2,1-2H3,(H,18,19,20)/t14-/m0/s1. The number of nitrogens with zero attached hydrogens (tertiary/aromatic N) is 3. The summed E-state index contributed by atoms with van der Waals surface area (Å²) in [5.74, 6) is -0.457. The number of aromatic nitrogens is 3. The predicted molar refractivity (Wildman–Crippen MR) is 83.7 cm³/mol. The van der Waals surface area contributed by atoms with E-state index in [0.29, 0.717) is 22.8 Å². The molecule has 1 aromatic carbocycles. The Kier molecular flexibility index (Phi) is 4.57. The molecule has 1 aliphatic heterocycles. The van der Waals surface area contributed by atoms with Crippen LogP contribution in [0.3, 0.4) is 0 Å². The Morgan fingerprint density at radius 2 is 2.29 bits per heavy atom. The van der Waals surface area contributed by atoms with E-state index in [1.807, 2.05) is 0 Å². The molecule has 7 nitrogen and oxygen atoms in total. The summed E-state index contributed by atoms with van der Waals surface area (Å²) in [6.07, 6.45) is 1.37. The number of esters is 1. The van der Waals surface area contributed by atoms with Gasteiger partial charge in [-0.1, -0.05) is 12.1 Å². The molecule has 0 unspecified atom stereocenters. The minimum absolute atomic E-state index is 0.160. The Labute approximate surface area is 138 Å². The molecule has 0 amide bonds. The topological polar surface area (TPSA) is 78.3 Å². The number of ether oxygens (including phenoxy) is 2. The molecule has 1 aliphatic rings. The lowest BCUT2D eigenvalue weighted by atomic mass is 9.95. The summed E-state index contributed by atoms with van der Waals surface area (Å²) in [7, 11) is 1.52. The van der Waals surface area contributed by atoms with E-state index in [0.717, 1.165) is 0 Å². The highest BCUT2D eigenvalue weighted by Gasteiger charge is 2.35. The maximum Gasteiger partial charge on any atom is 0.338 e. The van der Waals surface area contributed by atoms with E-state index < -0.39 is 17.8 Å². The fourth-order valence-electron chi connectivity index (χ4n) is 2.70. The average molecular weight is 332 g/mol. The Morgan fingerprint density at radius 1 is 1.46 bits per heavy atom. The van der Waals surface area contributed by atoms with Crippen molar-refractivity contribution in [2.24, 2.45) is 0 Å². The third-order valence-electron chi connectivity index (χ3n) is 3.63. The zero-order chi connectivity index (χ0) is 17.1. The minimum atomic E-state index is -0.649. The summed E-state index contributed by atoms with van der Waals surface area (Å²) < 4.78 is 25.6. The number of benzene rings is 1. The summed E-state index contributed by atoms with van der Waals surface area (Å²) >= 11 is 0. The van der Waals surface area contributed by atoms with E-state index in [4.69, 9.17) is 9.47 Å². The van der Waals surface area contributed by atoms with Gasteiger partial charge in [0.1, 0.15) is 18.2 Å². The van der Waals surface area contributed by atoms with Gasteiger partial charge >= 0.3 is 5.97 Å². The molecule has 1 atom stereocenters. The maximum absolute atomic E-state index is 13.7. The molecule has 0 saturated carbocycles. The van der Waals surface area contributed by atoms with Crippen molar-refractivity contribution in [2.75, 3.05) is 25.6 Å². The van der Waals surface area contributed by atoms with Crippen molar-refractivity contribution < 1.29 is 18.7 Å². The third kappa shape index (κ3) is 2.88. The van der Waals surface area contributed by atoms with Crippen molar-refractivity contribution in [3.63, 3.8) is 0 Å². The molecule has 2 heterocycles. The van der Waals surface area contributed by atoms with Gasteiger partial charge in [-0.15, -0.1) is 0 Å². The summed E-state index contributed by atoms with van der Waals surface area (Å²) in [5, 5.41) is 7.20. The first-order valence-corrected chi connectivity index (χ1v) is 7.46. The highest BCUT2D eigenvalue weighted by molar-refractivity contribution is 5.92. The molecule has 0 saturated heterocycles. The molecule has 2 aromatic rings. The second-order valence-electron chi connectivity index (χ2n) is 5.16. The van der Waals surface area contributed by atoms with E-state index >= 15 is 0 Å². The molecule has 0 bridgehead atoms. The Hall–Kier alpha value is -2.74. The summed E-state index contributed by atoms with van der Waals surface area (Å²) in [6.45, 7) is 2.11. The molecule has 1 aromatic heterocycles. The minimum Gasteiger partial charge on any atom is -0.463 e. The van der Waals surface area contributed by atoms with Crippen molar-refractivity contribution in [3.8, 4) is 0 Å². The number of anilines is 1. The van der Waals surface area contributed by atoms with Crippen LogP contribution in [0.5, 0.6) is 0 Å². The Balaban J connectivity index is 2.17. The number of methoxy groups -OCH3 is 1. The van der Waals surface area contributed by atoms with Crippen LogP contribution in [0.4, 0.5) is 10.3 Å². The highest BCUT2D eigenvalue weighted by atomic mass is 19.1. The van der Waals surface area contributed by atoms with Crippen LogP contribution in [0.2, 0.25) is 0 Å². The number of carbonyl (C=O) groups excluding carboxylic acids is 1. The fourth-order valence-corrected chi connectivity index (χ4v) is 2.70. The molecular formula is C16H17FN4O3. The van der Waals surface area contributed by atoms with Crippen LogP contribution in [0.15, 0.2) is 41.9 Å². The van der Waals surface area contributed by atoms with Crippen LogP contribution in [0.1, 0.15) is 18.5 Å². The second-order valence-corrected chi connectivity index (χ2v) is 5.16. The van der Waals surface area contributed by atoms with Gasteiger partial charge in [0.05, 0.1) is 24.5 Å². The monoisotopic (exact) mass is 332 g/mol. The zero-order valence-electron chi connectivity index (χ0n) is 13.3. The lowest BCUT2D eigenvalue weighted by molar-refractivity contribution is -0.139. The number of carbonyl (C=O) groups is 1. The van der Waals surface area contributed by atoms with Crippen LogP contribution < -0.4 is 5.32 Å². The van der Waals surface area contributed by atoms with E-state index in [1.165, 1.54) is 30.3 Å². The summed E-state index contributed by atoms with van der Waals surface area (Å²) in [5.41, 5.74) is 1.41. The van der Waals surface area contributed by atoms with Crippen LogP contribution in [-0.4, -0.2) is 41.1 Å². The van der Waals surface area contributed by atoms with Crippen molar-refractivity contribution in [1.82, 2.24) is 14.8 Å². The van der Waals surface area contributed by atoms with Crippen LogP contribution in [0, 0.1) is 5.82 Å². The van der Waals surface area contributed by atoms with Crippen molar-refractivity contribution in [1.29, 1.82) is 0 Å². The van der Waals surface area contributed by atoms with Gasteiger partial charge in [0.2, 0.25) is 5.95 Å². The number of hydrogen-bond acceptors (Lipinski definition) is 6. The van der Waals surface area contributed by atoms with Gasteiger partial charge in [0.25, 0.3) is 0 Å². The predicted octanol–water partition coefficient (Wildman–Crippen LogP) is 1.90. The number of rotatable bonds is 5. The zero-order valence-corrected chi connectivity index (χ0v) is 13.3. The summed E-state index contributed by atoms with van der Waals surface area (Å²) in [4.78, 5) is 16.7. The van der Waals surface area contributed by atoms with Crippen molar-refractivity contribution in [2.45, 2.75) is 13.0 Å². The molecule has 3 rings (SSSR count).